The summed E-state index contributed by atoms with van der Waals surface area (Å²) in [6.07, 6.45) is 1.35. The summed E-state index contributed by atoms with van der Waals surface area (Å²) in [7, 11) is -3.92. The Labute approximate surface area is 129 Å². The Balaban J connectivity index is 2.47. The van der Waals surface area contributed by atoms with Crippen LogP contribution in [0, 0.1) is 11.3 Å². The second-order valence-electron chi connectivity index (χ2n) is 3.69. The SMILES string of the molecule is N#Cc1ncccc1S(=O)(=O)Nc1cc(Cl)ccc1Br. The molecule has 0 atom stereocenters. The zero-order chi connectivity index (χ0) is 14.8. The number of hydrogen-bond donors (Lipinski definition) is 1. The Morgan fingerprint density at radius 3 is 2.80 bits per heavy atom. The van der Waals surface area contributed by atoms with Crippen LogP contribution in [0.5, 0.6) is 0 Å². The third kappa shape index (κ3) is 3.10. The highest BCUT2D eigenvalue weighted by atomic mass is 79.9. The number of sulfonamides is 1. The van der Waals surface area contributed by atoms with E-state index in [4.69, 9.17) is 16.9 Å². The summed E-state index contributed by atoms with van der Waals surface area (Å²) in [6.45, 7) is 0. The van der Waals surface area contributed by atoms with Crippen molar-refractivity contribution in [1.29, 1.82) is 5.26 Å². The Morgan fingerprint density at radius 1 is 1.35 bits per heavy atom. The van der Waals surface area contributed by atoms with Gasteiger partial charge in [0.25, 0.3) is 10.0 Å². The Kier molecular flexibility index (Phi) is 4.28. The number of nitrogens with one attached hydrogen (secondary N) is 1. The molecule has 0 aliphatic rings. The maximum atomic E-state index is 12.3. The first-order valence-corrected chi connectivity index (χ1v) is 7.92. The van der Waals surface area contributed by atoms with Crippen molar-refractivity contribution >= 4 is 43.2 Å². The van der Waals surface area contributed by atoms with Crippen molar-refractivity contribution in [2.75, 3.05) is 4.72 Å². The summed E-state index contributed by atoms with van der Waals surface area (Å²) < 4.78 is 27.5. The van der Waals surface area contributed by atoms with Gasteiger partial charge < -0.3 is 0 Å². The number of hydrogen-bond acceptors (Lipinski definition) is 4. The summed E-state index contributed by atoms with van der Waals surface area (Å²) in [6, 6.07) is 9.21. The van der Waals surface area contributed by atoms with Gasteiger partial charge in [0.2, 0.25) is 0 Å². The first-order valence-electron chi connectivity index (χ1n) is 5.27. The minimum absolute atomic E-state index is 0.168. The molecule has 0 spiro atoms. The van der Waals surface area contributed by atoms with Gasteiger partial charge in [0.15, 0.2) is 5.69 Å². The van der Waals surface area contributed by atoms with Crippen molar-refractivity contribution in [3.8, 4) is 6.07 Å². The van der Waals surface area contributed by atoms with Crippen LogP contribution < -0.4 is 4.72 Å². The van der Waals surface area contributed by atoms with Crippen LogP contribution in [-0.2, 0) is 10.0 Å². The molecule has 0 saturated carbocycles. The molecule has 0 fully saturated rings. The molecule has 1 aromatic heterocycles. The summed E-state index contributed by atoms with van der Waals surface area (Å²) in [4.78, 5) is 3.54. The number of pyridine rings is 1. The Morgan fingerprint density at radius 2 is 2.10 bits per heavy atom. The van der Waals surface area contributed by atoms with E-state index in [1.807, 2.05) is 0 Å². The highest BCUT2D eigenvalue weighted by Gasteiger charge is 2.20. The van der Waals surface area contributed by atoms with E-state index in [2.05, 4.69) is 25.6 Å². The Bertz CT molecular complexity index is 803. The fraction of sp³-hybridized carbons (Fsp3) is 0. The minimum Gasteiger partial charge on any atom is -0.278 e. The van der Waals surface area contributed by atoms with Gasteiger partial charge in [-0.15, -0.1) is 0 Å². The van der Waals surface area contributed by atoms with Crippen LogP contribution in [0.4, 0.5) is 5.69 Å². The van der Waals surface area contributed by atoms with E-state index in [-0.39, 0.29) is 16.3 Å². The van der Waals surface area contributed by atoms with Gasteiger partial charge in [-0.2, -0.15) is 5.26 Å². The van der Waals surface area contributed by atoms with Crippen LogP contribution in [0.15, 0.2) is 45.9 Å². The monoisotopic (exact) mass is 371 g/mol. The van der Waals surface area contributed by atoms with E-state index in [1.165, 1.54) is 24.4 Å². The van der Waals surface area contributed by atoms with Gasteiger partial charge in [-0.3, -0.25) is 4.72 Å². The lowest BCUT2D eigenvalue weighted by atomic mass is 10.3. The smallest absolute Gasteiger partial charge is 0.264 e. The van der Waals surface area contributed by atoms with E-state index in [9.17, 15) is 8.42 Å². The maximum Gasteiger partial charge on any atom is 0.264 e. The summed E-state index contributed by atoms with van der Waals surface area (Å²) in [5, 5.41) is 9.30. The number of halogens is 2. The molecule has 8 heteroatoms. The molecule has 0 saturated heterocycles. The zero-order valence-corrected chi connectivity index (χ0v) is 13.0. The van der Waals surface area contributed by atoms with Gasteiger partial charge in [0.1, 0.15) is 11.0 Å². The molecule has 20 heavy (non-hydrogen) atoms. The van der Waals surface area contributed by atoms with Crippen molar-refractivity contribution in [3.05, 3.63) is 51.7 Å². The van der Waals surface area contributed by atoms with Crippen LogP contribution in [0.25, 0.3) is 0 Å². The average Bonchev–Trinajstić information content (AvgIpc) is 2.42. The number of benzene rings is 1. The molecule has 2 aromatic rings. The third-order valence-electron chi connectivity index (χ3n) is 2.34. The highest BCUT2D eigenvalue weighted by Crippen LogP contribution is 2.28. The van der Waals surface area contributed by atoms with Crippen molar-refractivity contribution in [3.63, 3.8) is 0 Å². The van der Waals surface area contributed by atoms with Gasteiger partial charge in [0.05, 0.1) is 5.69 Å². The molecular weight excluding hydrogens is 366 g/mol. The molecule has 0 amide bonds. The van der Waals surface area contributed by atoms with Crippen molar-refractivity contribution in [1.82, 2.24) is 4.98 Å². The van der Waals surface area contributed by atoms with Crippen LogP contribution in [0.2, 0.25) is 5.02 Å². The van der Waals surface area contributed by atoms with Gasteiger partial charge in [-0.1, -0.05) is 11.6 Å². The number of nitriles is 1. The molecular formula is C12H7BrClN3O2S. The summed E-state index contributed by atoms with van der Waals surface area (Å²) in [5.41, 5.74) is 0.114. The second kappa shape index (κ2) is 5.79. The van der Waals surface area contributed by atoms with E-state index in [0.29, 0.717) is 9.50 Å². The summed E-state index contributed by atoms with van der Waals surface area (Å²) >= 11 is 9.05. The third-order valence-corrected chi connectivity index (χ3v) is 4.66. The molecule has 0 bridgehead atoms. The second-order valence-corrected chi connectivity index (χ2v) is 6.63. The van der Waals surface area contributed by atoms with Gasteiger partial charge in [-0.25, -0.2) is 13.4 Å². The lowest BCUT2D eigenvalue weighted by molar-refractivity contribution is 0.600. The van der Waals surface area contributed by atoms with Gasteiger partial charge in [-0.05, 0) is 46.3 Å². The standard InChI is InChI=1S/C12H7BrClN3O2S/c13-9-4-3-8(14)6-10(9)17-20(18,19)12-2-1-5-16-11(12)7-15/h1-6,17H. The van der Waals surface area contributed by atoms with E-state index >= 15 is 0 Å². The van der Waals surface area contributed by atoms with Crippen LogP contribution in [0.3, 0.4) is 0 Å². The first-order chi connectivity index (χ1) is 9.44. The van der Waals surface area contributed by atoms with Crippen LogP contribution >= 0.6 is 27.5 Å². The number of rotatable bonds is 3. The molecule has 1 heterocycles. The molecule has 0 aliphatic heterocycles. The average molecular weight is 373 g/mol. The first kappa shape index (κ1) is 14.8. The van der Waals surface area contributed by atoms with E-state index in [1.54, 1.807) is 18.2 Å². The van der Waals surface area contributed by atoms with E-state index < -0.39 is 10.0 Å². The Hall–Kier alpha value is -1.62. The molecule has 0 radical (unpaired) electrons. The van der Waals surface area contributed by atoms with Gasteiger partial charge in [0, 0.05) is 15.7 Å². The predicted octanol–water partition coefficient (Wildman–Crippen LogP) is 3.17. The number of aromatic nitrogens is 1. The lowest BCUT2D eigenvalue weighted by Crippen LogP contribution is -2.15. The van der Waals surface area contributed by atoms with Gasteiger partial charge >= 0.3 is 0 Å². The number of anilines is 1. The van der Waals surface area contributed by atoms with Crippen molar-refractivity contribution < 1.29 is 8.42 Å². The maximum absolute atomic E-state index is 12.3. The molecule has 2 rings (SSSR count). The topological polar surface area (TPSA) is 82.8 Å². The quantitative estimate of drug-likeness (QED) is 0.897. The van der Waals surface area contributed by atoms with Crippen LogP contribution in [-0.4, -0.2) is 13.4 Å². The molecule has 1 N–H and O–H groups in total. The fourth-order valence-electron chi connectivity index (χ4n) is 1.47. The van der Waals surface area contributed by atoms with E-state index in [0.717, 1.165) is 0 Å². The normalized spacial score (nSPS) is 10.8. The molecule has 102 valence electrons. The fourth-order valence-corrected chi connectivity index (χ4v) is 3.29. The zero-order valence-electron chi connectivity index (χ0n) is 9.84. The lowest BCUT2D eigenvalue weighted by Gasteiger charge is -2.10. The largest absolute Gasteiger partial charge is 0.278 e. The molecule has 0 aliphatic carbocycles. The number of nitrogens with zero attached hydrogens (tertiary/aromatic N) is 2. The summed E-state index contributed by atoms with van der Waals surface area (Å²) in [5.74, 6) is 0. The molecule has 0 unspecified atom stereocenters. The molecule has 1 aromatic carbocycles. The highest BCUT2D eigenvalue weighted by molar-refractivity contribution is 9.10. The predicted molar refractivity (Wildman–Crippen MR) is 78.9 cm³/mol. The van der Waals surface area contributed by atoms with Crippen molar-refractivity contribution in [2.45, 2.75) is 4.90 Å². The molecule has 5 nitrogen and oxygen atoms in total. The minimum atomic E-state index is -3.92. The van der Waals surface area contributed by atoms with Crippen LogP contribution in [0.1, 0.15) is 5.69 Å². The van der Waals surface area contributed by atoms with Crippen molar-refractivity contribution in [2.24, 2.45) is 0 Å².